The second-order valence-electron chi connectivity index (χ2n) is 3.30. The number of benzene rings is 1. The summed E-state index contributed by atoms with van der Waals surface area (Å²) in [5, 5.41) is 0. The molecule has 0 aliphatic heterocycles. The molecule has 16 heavy (non-hydrogen) atoms. The molecule has 2 N–H and O–H groups in total. The average Bonchev–Trinajstić information content (AvgIpc) is 2.79. The first-order chi connectivity index (χ1) is 7.77. The van der Waals surface area contributed by atoms with Crippen molar-refractivity contribution < 1.29 is 9.21 Å². The molecule has 3 heteroatoms. The first-order valence-corrected chi connectivity index (χ1v) is 4.88. The van der Waals surface area contributed by atoms with Gasteiger partial charge in [0.15, 0.2) is 0 Å². The number of furan rings is 1. The van der Waals surface area contributed by atoms with Crippen molar-refractivity contribution in [1.29, 1.82) is 0 Å². The van der Waals surface area contributed by atoms with E-state index in [2.05, 4.69) is 0 Å². The molecule has 0 fully saturated rings. The van der Waals surface area contributed by atoms with E-state index >= 15 is 0 Å². The molecular formula is C13H11NO2. The maximum absolute atomic E-state index is 11.3. The molecule has 3 nitrogen and oxygen atoms in total. The van der Waals surface area contributed by atoms with Crippen LogP contribution in [0.1, 0.15) is 11.3 Å². The monoisotopic (exact) mass is 213 g/mol. The van der Waals surface area contributed by atoms with E-state index in [0.717, 1.165) is 5.56 Å². The summed E-state index contributed by atoms with van der Waals surface area (Å²) in [6, 6.07) is 12.8. The van der Waals surface area contributed by atoms with E-state index in [1.165, 1.54) is 0 Å². The molecule has 0 saturated heterocycles. The van der Waals surface area contributed by atoms with Crippen LogP contribution in [-0.2, 0) is 4.79 Å². The quantitative estimate of drug-likeness (QED) is 0.795. The van der Waals surface area contributed by atoms with Crippen molar-refractivity contribution in [3.05, 3.63) is 60.1 Å². The number of hydrogen-bond donors (Lipinski definition) is 1. The van der Waals surface area contributed by atoms with Gasteiger partial charge in [0, 0.05) is 0 Å². The topological polar surface area (TPSA) is 56.2 Å². The summed E-state index contributed by atoms with van der Waals surface area (Å²) in [5.74, 6) is 0.139. The summed E-state index contributed by atoms with van der Waals surface area (Å²) in [7, 11) is 0. The summed E-state index contributed by atoms with van der Waals surface area (Å²) < 4.78 is 5.15. The molecule has 0 bridgehead atoms. The average molecular weight is 213 g/mol. The van der Waals surface area contributed by atoms with Crippen LogP contribution in [0.2, 0.25) is 0 Å². The molecule has 2 aromatic rings. The Kier molecular flexibility index (Phi) is 2.87. The van der Waals surface area contributed by atoms with Gasteiger partial charge < -0.3 is 10.2 Å². The SMILES string of the molecule is NC(=O)C(=Cc1ccco1)c1ccccc1. The number of primary amides is 1. The predicted molar refractivity (Wildman–Crippen MR) is 62.2 cm³/mol. The standard InChI is InChI=1S/C13H11NO2/c14-13(15)12(9-11-7-4-8-16-11)10-5-2-1-3-6-10/h1-9H,(H2,14,15). The van der Waals surface area contributed by atoms with Crippen LogP contribution in [0.4, 0.5) is 0 Å². The summed E-state index contributed by atoms with van der Waals surface area (Å²) >= 11 is 0. The fraction of sp³-hybridized carbons (Fsp3) is 0. The lowest BCUT2D eigenvalue weighted by molar-refractivity contribution is -0.112. The number of carbonyl (C=O) groups excluding carboxylic acids is 1. The van der Waals surface area contributed by atoms with Crippen molar-refractivity contribution in [2.75, 3.05) is 0 Å². The van der Waals surface area contributed by atoms with Crippen molar-refractivity contribution in [2.24, 2.45) is 5.73 Å². The zero-order valence-electron chi connectivity index (χ0n) is 8.59. The Balaban J connectivity index is 2.43. The lowest BCUT2D eigenvalue weighted by Gasteiger charge is -2.02. The van der Waals surface area contributed by atoms with Gasteiger partial charge >= 0.3 is 0 Å². The Morgan fingerprint density at radius 1 is 1.12 bits per heavy atom. The van der Waals surface area contributed by atoms with Gasteiger partial charge in [0.25, 0.3) is 0 Å². The van der Waals surface area contributed by atoms with Crippen LogP contribution in [0.3, 0.4) is 0 Å². The van der Waals surface area contributed by atoms with Gasteiger partial charge in [0.05, 0.1) is 11.8 Å². The largest absolute Gasteiger partial charge is 0.465 e. The third-order valence-corrected chi connectivity index (χ3v) is 2.18. The van der Waals surface area contributed by atoms with E-state index in [9.17, 15) is 4.79 Å². The highest BCUT2D eigenvalue weighted by atomic mass is 16.3. The van der Waals surface area contributed by atoms with E-state index < -0.39 is 5.91 Å². The van der Waals surface area contributed by atoms with Gasteiger partial charge in [-0.3, -0.25) is 4.79 Å². The van der Waals surface area contributed by atoms with E-state index in [1.54, 1.807) is 24.5 Å². The van der Waals surface area contributed by atoms with Crippen LogP contribution in [0, 0.1) is 0 Å². The third kappa shape index (κ3) is 2.20. The van der Waals surface area contributed by atoms with Gasteiger partial charge in [-0.05, 0) is 23.8 Å². The van der Waals surface area contributed by atoms with Gasteiger partial charge in [-0.2, -0.15) is 0 Å². The van der Waals surface area contributed by atoms with Gasteiger partial charge in [0.1, 0.15) is 5.76 Å². The van der Waals surface area contributed by atoms with Crippen LogP contribution in [-0.4, -0.2) is 5.91 Å². The van der Waals surface area contributed by atoms with Gasteiger partial charge in [0.2, 0.25) is 5.91 Å². The number of nitrogens with two attached hydrogens (primary N) is 1. The molecule has 0 aliphatic rings. The van der Waals surface area contributed by atoms with Crippen LogP contribution < -0.4 is 5.73 Å². The molecule has 0 saturated carbocycles. The summed E-state index contributed by atoms with van der Waals surface area (Å²) in [6.45, 7) is 0. The van der Waals surface area contributed by atoms with Crippen molar-refractivity contribution in [3.63, 3.8) is 0 Å². The van der Waals surface area contributed by atoms with E-state index in [1.807, 2.05) is 30.3 Å². The summed E-state index contributed by atoms with van der Waals surface area (Å²) in [6.07, 6.45) is 3.19. The predicted octanol–water partition coefficient (Wildman–Crippen LogP) is 2.31. The zero-order valence-corrected chi connectivity index (χ0v) is 8.59. The van der Waals surface area contributed by atoms with E-state index in [4.69, 9.17) is 10.2 Å². The molecule has 0 radical (unpaired) electrons. The van der Waals surface area contributed by atoms with Gasteiger partial charge in [-0.15, -0.1) is 0 Å². The zero-order chi connectivity index (χ0) is 11.4. The maximum atomic E-state index is 11.3. The van der Waals surface area contributed by atoms with Crippen molar-refractivity contribution >= 4 is 17.6 Å². The number of hydrogen-bond acceptors (Lipinski definition) is 2. The molecule has 1 aromatic carbocycles. The minimum Gasteiger partial charge on any atom is -0.465 e. The fourth-order valence-corrected chi connectivity index (χ4v) is 1.43. The smallest absolute Gasteiger partial charge is 0.249 e. The normalized spacial score (nSPS) is 11.4. The molecule has 0 atom stereocenters. The van der Waals surface area contributed by atoms with Crippen LogP contribution in [0.25, 0.3) is 11.6 Å². The minimum absolute atomic E-state index is 0.440. The highest BCUT2D eigenvalue weighted by Crippen LogP contribution is 2.17. The lowest BCUT2D eigenvalue weighted by Crippen LogP contribution is -2.12. The molecule has 1 amide bonds. The molecular weight excluding hydrogens is 202 g/mol. The highest BCUT2D eigenvalue weighted by molar-refractivity contribution is 6.23. The van der Waals surface area contributed by atoms with Crippen molar-refractivity contribution in [3.8, 4) is 0 Å². The molecule has 0 unspecified atom stereocenters. The first-order valence-electron chi connectivity index (χ1n) is 4.88. The first kappa shape index (κ1) is 10.2. The molecule has 0 aliphatic carbocycles. The number of rotatable bonds is 3. The lowest BCUT2D eigenvalue weighted by atomic mass is 10.0. The molecule has 0 spiro atoms. The second kappa shape index (κ2) is 4.49. The van der Waals surface area contributed by atoms with Crippen LogP contribution in [0.15, 0.2) is 53.1 Å². The van der Waals surface area contributed by atoms with E-state index in [0.29, 0.717) is 11.3 Å². The van der Waals surface area contributed by atoms with Gasteiger partial charge in [-0.25, -0.2) is 0 Å². The Morgan fingerprint density at radius 3 is 2.44 bits per heavy atom. The minimum atomic E-state index is -0.470. The molecule has 1 aromatic heterocycles. The van der Waals surface area contributed by atoms with Crippen LogP contribution in [0.5, 0.6) is 0 Å². The molecule has 80 valence electrons. The summed E-state index contributed by atoms with van der Waals surface area (Å²) in [5.41, 5.74) is 6.56. The van der Waals surface area contributed by atoms with Crippen molar-refractivity contribution in [1.82, 2.24) is 0 Å². The van der Waals surface area contributed by atoms with Crippen molar-refractivity contribution in [2.45, 2.75) is 0 Å². The number of carbonyl (C=O) groups is 1. The Labute approximate surface area is 93.2 Å². The Hall–Kier alpha value is -2.29. The molecule has 2 rings (SSSR count). The van der Waals surface area contributed by atoms with E-state index in [-0.39, 0.29) is 0 Å². The maximum Gasteiger partial charge on any atom is 0.249 e. The fourth-order valence-electron chi connectivity index (χ4n) is 1.43. The molecule has 1 heterocycles. The Morgan fingerprint density at radius 2 is 1.88 bits per heavy atom. The van der Waals surface area contributed by atoms with Crippen LogP contribution >= 0.6 is 0 Å². The second-order valence-corrected chi connectivity index (χ2v) is 3.30. The third-order valence-electron chi connectivity index (χ3n) is 2.18. The Bertz CT molecular complexity index is 498. The highest BCUT2D eigenvalue weighted by Gasteiger charge is 2.08. The number of amides is 1. The van der Waals surface area contributed by atoms with Gasteiger partial charge in [-0.1, -0.05) is 30.3 Å². The summed E-state index contributed by atoms with van der Waals surface area (Å²) in [4.78, 5) is 11.3.